The number of hydrogen-bond donors (Lipinski definition) is 2. The molecule has 0 saturated heterocycles. The number of carbonyl (C=O) groups is 1. The average Bonchev–Trinajstić information content (AvgIpc) is 3.04. The Morgan fingerprint density at radius 1 is 1.32 bits per heavy atom. The molecule has 1 aliphatic carbocycles. The van der Waals surface area contributed by atoms with E-state index in [1.165, 1.54) is 0 Å². The van der Waals surface area contributed by atoms with E-state index in [0.717, 1.165) is 35.0 Å². The number of pyridine rings is 1. The zero-order chi connectivity index (χ0) is 19.7. The number of benzene rings is 1. The summed E-state index contributed by atoms with van der Waals surface area (Å²) in [6.07, 6.45) is 4.76. The third-order valence-electron chi connectivity index (χ3n) is 5.55. The Morgan fingerprint density at radius 2 is 2.11 bits per heavy atom. The van der Waals surface area contributed by atoms with Crippen molar-refractivity contribution in [1.29, 1.82) is 0 Å². The van der Waals surface area contributed by atoms with E-state index >= 15 is 0 Å². The van der Waals surface area contributed by atoms with Gasteiger partial charge in [0.15, 0.2) is 0 Å². The normalized spacial score (nSPS) is 20.0. The van der Waals surface area contributed by atoms with E-state index in [0.29, 0.717) is 18.5 Å². The maximum atomic E-state index is 13.0. The molecule has 2 heterocycles. The molecule has 3 aromatic rings. The predicted octanol–water partition coefficient (Wildman–Crippen LogP) is 3.16. The summed E-state index contributed by atoms with van der Waals surface area (Å²) in [6, 6.07) is 11.7. The van der Waals surface area contributed by atoms with Gasteiger partial charge in [-0.1, -0.05) is 31.5 Å². The molecule has 1 amide bonds. The van der Waals surface area contributed by atoms with Crippen LogP contribution in [0.4, 0.5) is 0 Å². The highest BCUT2D eigenvalue weighted by Crippen LogP contribution is 2.38. The van der Waals surface area contributed by atoms with Crippen LogP contribution < -0.4 is 5.32 Å². The SMILES string of the molecule is CCCc1cc(C(=O)NC(c2cnc3ccccc3c2)C2CC(O)C2)n(C)n1. The lowest BCUT2D eigenvalue weighted by molar-refractivity contribution is 0.0234. The fourth-order valence-electron chi connectivity index (χ4n) is 3.97. The zero-order valence-corrected chi connectivity index (χ0v) is 16.3. The van der Waals surface area contributed by atoms with Gasteiger partial charge in [-0.2, -0.15) is 5.10 Å². The van der Waals surface area contributed by atoms with Crippen LogP contribution in [0.25, 0.3) is 10.9 Å². The van der Waals surface area contributed by atoms with Crippen molar-refractivity contribution in [2.75, 3.05) is 0 Å². The molecule has 1 fully saturated rings. The summed E-state index contributed by atoms with van der Waals surface area (Å²) in [5.74, 6) is 0.0575. The number of fused-ring (bicyclic) bond motifs is 1. The molecular weight excluding hydrogens is 352 g/mol. The first-order chi connectivity index (χ1) is 13.5. The Bertz CT molecular complexity index is 991. The Morgan fingerprint density at radius 3 is 2.86 bits per heavy atom. The lowest BCUT2D eigenvalue weighted by atomic mass is 9.75. The van der Waals surface area contributed by atoms with E-state index in [-0.39, 0.29) is 24.0 Å². The number of amides is 1. The molecule has 0 spiro atoms. The van der Waals surface area contributed by atoms with Gasteiger partial charge in [-0.3, -0.25) is 14.5 Å². The third-order valence-corrected chi connectivity index (χ3v) is 5.55. The molecule has 2 N–H and O–H groups in total. The van der Waals surface area contributed by atoms with Gasteiger partial charge in [0, 0.05) is 18.6 Å². The maximum Gasteiger partial charge on any atom is 0.270 e. The number of aliphatic hydroxyl groups excluding tert-OH is 1. The van der Waals surface area contributed by atoms with Crippen LogP contribution in [-0.4, -0.2) is 31.9 Å². The van der Waals surface area contributed by atoms with Crippen molar-refractivity contribution >= 4 is 16.8 Å². The van der Waals surface area contributed by atoms with Crippen molar-refractivity contribution in [2.24, 2.45) is 13.0 Å². The largest absolute Gasteiger partial charge is 0.393 e. The summed E-state index contributed by atoms with van der Waals surface area (Å²) in [5.41, 5.74) is 3.39. The highest BCUT2D eigenvalue weighted by molar-refractivity contribution is 5.93. The van der Waals surface area contributed by atoms with Gasteiger partial charge in [-0.25, -0.2) is 0 Å². The smallest absolute Gasteiger partial charge is 0.270 e. The Hall–Kier alpha value is -2.73. The molecule has 4 rings (SSSR count). The topological polar surface area (TPSA) is 80.0 Å². The van der Waals surface area contributed by atoms with E-state index in [9.17, 15) is 9.90 Å². The summed E-state index contributed by atoms with van der Waals surface area (Å²) in [4.78, 5) is 17.6. The number of nitrogens with zero attached hydrogens (tertiary/aromatic N) is 3. The second kappa shape index (κ2) is 7.72. The van der Waals surface area contributed by atoms with Gasteiger partial charge in [0.2, 0.25) is 0 Å². The number of rotatable bonds is 6. The van der Waals surface area contributed by atoms with E-state index in [1.807, 2.05) is 36.5 Å². The molecular formula is C22H26N4O2. The molecule has 6 nitrogen and oxygen atoms in total. The third kappa shape index (κ3) is 3.64. The maximum absolute atomic E-state index is 13.0. The highest BCUT2D eigenvalue weighted by atomic mass is 16.3. The standard InChI is InChI=1S/C22H26N4O2/c1-3-6-17-12-20(26(2)25-17)22(28)24-21(15-10-18(27)11-15)16-9-14-7-4-5-8-19(14)23-13-16/h4-5,7-9,12-13,15,18,21,27H,3,6,10-11H2,1-2H3,(H,24,28). The van der Waals surface area contributed by atoms with Gasteiger partial charge in [0.05, 0.1) is 23.4 Å². The van der Waals surface area contributed by atoms with Gasteiger partial charge in [0.1, 0.15) is 5.69 Å². The van der Waals surface area contributed by atoms with Crippen LogP contribution in [-0.2, 0) is 13.5 Å². The first kappa shape index (κ1) is 18.6. The minimum absolute atomic E-state index is 0.142. The van der Waals surface area contributed by atoms with E-state index in [4.69, 9.17) is 0 Å². The molecule has 28 heavy (non-hydrogen) atoms. The Balaban J connectivity index is 1.62. The quantitative estimate of drug-likeness (QED) is 0.690. The highest BCUT2D eigenvalue weighted by Gasteiger charge is 2.36. The molecule has 2 aromatic heterocycles. The first-order valence-electron chi connectivity index (χ1n) is 9.91. The minimum atomic E-state index is -0.286. The van der Waals surface area contributed by atoms with E-state index in [2.05, 4.69) is 28.4 Å². The van der Waals surface area contributed by atoms with Crippen LogP contribution in [0.5, 0.6) is 0 Å². The monoisotopic (exact) mass is 378 g/mol. The number of aliphatic hydroxyl groups is 1. The van der Waals surface area contributed by atoms with Gasteiger partial charge >= 0.3 is 0 Å². The van der Waals surface area contributed by atoms with Gasteiger partial charge < -0.3 is 10.4 Å². The number of hydrogen-bond acceptors (Lipinski definition) is 4. The van der Waals surface area contributed by atoms with Crippen molar-refractivity contribution in [1.82, 2.24) is 20.1 Å². The average molecular weight is 378 g/mol. The molecule has 1 saturated carbocycles. The summed E-state index contributed by atoms with van der Waals surface area (Å²) in [7, 11) is 1.80. The molecule has 0 radical (unpaired) electrons. The summed E-state index contributed by atoms with van der Waals surface area (Å²) < 4.78 is 1.64. The van der Waals surface area contributed by atoms with Crippen LogP contribution in [0.3, 0.4) is 0 Å². The van der Waals surface area contributed by atoms with Crippen molar-refractivity contribution in [3.05, 3.63) is 59.5 Å². The molecule has 0 bridgehead atoms. The number of para-hydroxylation sites is 1. The first-order valence-corrected chi connectivity index (χ1v) is 9.91. The molecule has 6 heteroatoms. The zero-order valence-electron chi connectivity index (χ0n) is 16.3. The Labute approximate surface area is 164 Å². The fourth-order valence-corrected chi connectivity index (χ4v) is 3.97. The number of aryl methyl sites for hydroxylation is 2. The molecule has 146 valence electrons. The van der Waals surface area contributed by atoms with E-state index in [1.54, 1.807) is 11.7 Å². The van der Waals surface area contributed by atoms with Crippen LogP contribution in [0.15, 0.2) is 42.6 Å². The molecule has 1 aliphatic rings. The van der Waals surface area contributed by atoms with Crippen LogP contribution >= 0.6 is 0 Å². The summed E-state index contributed by atoms with van der Waals surface area (Å²) in [5, 5.41) is 18.5. The van der Waals surface area contributed by atoms with Crippen molar-refractivity contribution in [2.45, 2.75) is 44.8 Å². The second-order valence-electron chi connectivity index (χ2n) is 7.69. The van der Waals surface area contributed by atoms with Crippen LogP contribution in [0, 0.1) is 5.92 Å². The van der Waals surface area contributed by atoms with E-state index < -0.39 is 0 Å². The summed E-state index contributed by atoms with van der Waals surface area (Å²) in [6.45, 7) is 2.10. The van der Waals surface area contributed by atoms with Gasteiger partial charge in [0.25, 0.3) is 5.91 Å². The second-order valence-corrected chi connectivity index (χ2v) is 7.69. The lowest BCUT2D eigenvalue weighted by Gasteiger charge is -2.38. The van der Waals surface area contributed by atoms with Crippen molar-refractivity contribution in [3.63, 3.8) is 0 Å². The Kier molecular flexibility index (Phi) is 5.13. The van der Waals surface area contributed by atoms with Crippen molar-refractivity contribution < 1.29 is 9.90 Å². The minimum Gasteiger partial charge on any atom is -0.393 e. The summed E-state index contributed by atoms with van der Waals surface area (Å²) >= 11 is 0. The number of aromatic nitrogens is 3. The number of carbonyl (C=O) groups excluding carboxylic acids is 1. The fraction of sp³-hybridized carbons (Fsp3) is 0.409. The molecule has 1 atom stereocenters. The number of nitrogens with one attached hydrogen (secondary N) is 1. The molecule has 1 aromatic carbocycles. The van der Waals surface area contributed by atoms with Crippen LogP contribution in [0.1, 0.15) is 54.0 Å². The molecule has 1 unspecified atom stereocenters. The lowest BCUT2D eigenvalue weighted by Crippen LogP contribution is -2.41. The van der Waals surface area contributed by atoms with Gasteiger partial charge in [-0.15, -0.1) is 0 Å². The van der Waals surface area contributed by atoms with Crippen LogP contribution in [0.2, 0.25) is 0 Å². The molecule has 0 aliphatic heterocycles. The van der Waals surface area contributed by atoms with Gasteiger partial charge in [-0.05, 0) is 48.9 Å². The predicted molar refractivity (Wildman–Crippen MR) is 108 cm³/mol. The van der Waals surface area contributed by atoms with Crippen molar-refractivity contribution in [3.8, 4) is 0 Å².